The second-order valence-electron chi connectivity index (χ2n) is 31.2. The van der Waals surface area contributed by atoms with Gasteiger partial charge in [-0.1, -0.05) is 59.7 Å². The Labute approximate surface area is 689 Å². The summed E-state index contributed by atoms with van der Waals surface area (Å²) in [5, 5.41) is 62.6. The Kier molecular flexibility index (Phi) is 40.7. The number of likely N-dealkylation sites (tertiary alicyclic amines) is 2. The van der Waals surface area contributed by atoms with Crippen LogP contribution in [0.15, 0.2) is 35.5 Å². The van der Waals surface area contributed by atoms with Crippen LogP contribution in [0.4, 0.5) is 0 Å². The molecule has 0 unspecified atom stereocenters. The van der Waals surface area contributed by atoms with Crippen LogP contribution in [0.1, 0.15) is 159 Å². The topological polar surface area (TPSA) is 646 Å². The lowest BCUT2D eigenvalue weighted by molar-refractivity contribution is -0.148. The molecule has 0 saturated carbocycles. The number of aliphatic imine (C=N–C) groups is 1. The summed E-state index contributed by atoms with van der Waals surface area (Å²) in [5.41, 5.74) is 23.8. The van der Waals surface area contributed by atoms with Crippen molar-refractivity contribution in [2.45, 2.75) is 263 Å². The van der Waals surface area contributed by atoms with Crippen molar-refractivity contribution in [3.63, 3.8) is 0 Å². The Morgan fingerprint density at radius 2 is 0.941 bits per heavy atom. The number of H-pyrrole nitrogens is 1. The highest BCUT2D eigenvalue weighted by atomic mass is 32.2. The highest BCUT2D eigenvalue weighted by molar-refractivity contribution is 7.98. The summed E-state index contributed by atoms with van der Waals surface area (Å²) in [6.45, 7) is 17.5. The van der Waals surface area contributed by atoms with Crippen LogP contribution in [0, 0.1) is 17.8 Å². The minimum Gasteiger partial charge on any atom is -0.480 e. The zero-order chi connectivity index (χ0) is 88.7. The van der Waals surface area contributed by atoms with E-state index in [0.717, 1.165) is 10.9 Å². The molecule has 0 radical (unpaired) electrons. The Morgan fingerprint density at radius 1 is 0.508 bits per heavy atom. The molecule has 17 atom stereocenters. The van der Waals surface area contributed by atoms with Crippen LogP contribution in [-0.4, -0.2) is 278 Å². The highest BCUT2D eigenvalue weighted by Crippen LogP contribution is 2.28. The first-order valence-corrected chi connectivity index (χ1v) is 41.0. The number of para-hydroxylation sites is 1. The van der Waals surface area contributed by atoms with Crippen LogP contribution in [-0.2, 0) is 87.9 Å². The number of thioether (sulfide) groups is 1. The molecule has 118 heavy (non-hydrogen) atoms. The van der Waals surface area contributed by atoms with E-state index in [1.807, 2.05) is 32.0 Å². The molecule has 1 aromatic heterocycles. The number of nitrogens with one attached hydrogen (secondary N) is 14. The maximum absolute atomic E-state index is 14.9. The third-order valence-electron chi connectivity index (χ3n) is 19.5. The normalized spacial score (nSPS) is 17.8. The van der Waals surface area contributed by atoms with Gasteiger partial charge in [0.25, 0.3) is 0 Å². The zero-order valence-corrected chi connectivity index (χ0v) is 70.1. The molecule has 25 N–H and O–H groups in total. The molecular weight excluding hydrogens is 1560 g/mol. The van der Waals surface area contributed by atoms with Gasteiger partial charge in [0.15, 0.2) is 5.96 Å². The van der Waals surface area contributed by atoms with Crippen LogP contribution in [0.2, 0.25) is 0 Å². The predicted octanol–water partition coefficient (Wildman–Crippen LogP) is -5.30. The van der Waals surface area contributed by atoms with E-state index in [9.17, 15) is 96.8 Å². The van der Waals surface area contributed by atoms with E-state index >= 15 is 0 Å². The number of nitrogens with two attached hydrogens (primary N) is 4. The molecule has 658 valence electrons. The second kappa shape index (κ2) is 48.2. The Bertz CT molecular complexity index is 3890. The number of aliphatic carboxylic acids is 1. The number of carbonyl (C=O) groups excluding carboxylic acids is 16. The number of nitrogens with zero attached hydrogens (tertiary/aromatic N) is 3. The number of aromatic nitrogens is 1. The average molecular weight is 1680 g/mol. The van der Waals surface area contributed by atoms with E-state index in [4.69, 9.17) is 22.9 Å². The number of rotatable bonds is 48. The number of hydrogen-bond acceptors (Lipinski definition) is 22. The molecule has 2 aliphatic heterocycles. The van der Waals surface area contributed by atoms with Gasteiger partial charge in [-0.3, -0.25) is 81.7 Å². The molecule has 2 aromatic rings. The summed E-state index contributed by atoms with van der Waals surface area (Å²) in [6.07, 6.45) is 2.11. The molecule has 4 rings (SSSR count). The van der Waals surface area contributed by atoms with Gasteiger partial charge in [-0.2, -0.15) is 11.8 Å². The van der Waals surface area contributed by atoms with E-state index in [1.54, 1.807) is 46.2 Å². The van der Waals surface area contributed by atoms with Gasteiger partial charge in [0.2, 0.25) is 94.5 Å². The first-order valence-electron chi connectivity index (χ1n) is 39.6. The van der Waals surface area contributed by atoms with Crippen LogP contribution < -0.4 is 92.1 Å². The SMILES string of the molecule is CSCC[C@H](NC(=O)[C@H](CC(C)C)NC(=O)[C@H](CC(C)C)NC(=O)[C@H](CC(N)=O)NC(=O)[C@H](C)NC(=O)[C@H](C)NC(=O)[C@H](CCCN=C(N)N)NC(=O)[C@@H]1CCCN1C(=O)[C@@H]1CCCN1C(=O)[C@H](CC(C)C)NC(=O)[C@H](Cc1c[nH]c2ccccc12)NC(=O)[C@@H](NC(=O)[C@H](C)N)[C@@H](C)O)C(=O)N[C@@H](C)C(=O)N[C@@H](C)C(=O)N[C@@H](CO)C(=O)O. The molecule has 0 bridgehead atoms. The van der Waals surface area contributed by atoms with E-state index in [2.05, 4.69) is 79.1 Å². The van der Waals surface area contributed by atoms with Gasteiger partial charge in [0.1, 0.15) is 90.6 Å². The Hall–Kier alpha value is -10.7. The fourth-order valence-corrected chi connectivity index (χ4v) is 13.6. The van der Waals surface area contributed by atoms with Crippen molar-refractivity contribution in [3.05, 3.63) is 36.0 Å². The third-order valence-corrected chi connectivity index (χ3v) is 20.2. The molecule has 3 heterocycles. The molecule has 41 nitrogen and oxygen atoms in total. The minimum absolute atomic E-state index is 0.00314. The van der Waals surface area contributed by atoms with Crippen LogP contribution in [0.5, 0.6) is 0 Å². The Morgan fingerprint density at radius 3 is 1.43 bits per heavy atom. The number of primary amides is 1. The monoisotopic (exact) mass is 1680 g/mol. The number of carboxylic acids is 1. The molecule has 1 aromatic carbocycles. The number of fused-ring (bicyclic) bond motifs is 1. The Balaban J connectivity index is 1.47. The number of amides is 16. The van der Waals surface area contributed by atoms with Crippen molar-refractivity contribution in [3.8, 4) is 0 Å². The second-order valence-corrected chi connectivity index (χ2v) is 32.2. The van der Waals surface area contributed by atoms with E-state index in [0.29, 0.717) is 24.2 Å². The van der Waals surface area contributed by atoms with Gasteiger partial charge in [-0.25, -0.2) is 4.79 Å². The van der Waals surface area contributed by atoms with Crippen molar-refractivity contribution >= 4 is 129 Å². The van der Waals surface area contributed by atoms with Gasteiger partial charge >= 0.3 is 5.97 Å². The van der Waals surface area contributed by atoms with Gasteiger partial charge < -0.3 is 122 Å². The zero-order valence-electron chi connectivity index (χ0n) is 69.3. The highest BCUT2D eigenvalue weighted by Gasteiger charge is 2.46. The summed E-state index contributed by atoms with van der Waals surface area (Å²) in [5.74, 6) is -16.0. The number of carboxylic acid groups (broad SMARTS) is 1. The van der Waals surface area contributed by atoms with Crippen molar-refractivity contribution in [2.24, 2.45) is 45.7 Å². The van der Waals surface area contributed by atoms with Gasteiger partial charge in [-0.15, -0.1) is 0 Å². The number of aliphatic hydroxyl groups is 2. The lowest BCUT2D eigenvalue weighted by atomic mass is 9.99. The fraction of sp³-hybridized carbons (Fsp3) is 0.658. The van der Waals surface area contributed by atoms with Gasteiger partial charge in [-0.05, 0) is 147 Å². The molecule has 2 fully saturated rings. The summed E-state index contributed by atoms with van der Waals surface area (Å²) >= 11 is 1.33. The molecule has 0 spiro atoms. The lowest BCUT2D eigenvalue weighted by Crippen LogP contribution is -2.61. The van der Waals surface area contributed by atoms with Gasteiger partial charge in [0.05, 0.1) is 25.2 Å². The van der Waals surface area contributed by atoms with E-state index < -0.39 is 216 Å². The molecule has 2 saturated heterocycles. The summed E-state index contributed by atoms with van der Waals surface area (Å²) in [4.78, 5) is 243. The maximum atomic E-state index is 14.9. The molecule has 42 heteroatoms. The number of hydrogen-bond donors (Lipinski definition) is 21. The number of carbonyl (C=O) groups is 17. The number of aliphatic hydroxyl groups excluding tert-OH is 2. The quantitative estimate of drug-likeness (QED) is 0.0167. The predicted molar refractivity (Wildman–Crippen MR) is 434 cm³/mol. The van der Waals surface area contributed by atoms with Crippen molar-refractivity contribution in [1.29, 1.82) is 0 Å². The van der Waals surface area contributed by atoms with Crippen molar-refractivity contribution in [1.82, 2.24) is 83.9 Å². The molecular formula is C76H123N21O20S. The first-order chi connectivity index (χ1) is 55.4. The largest absolute Gasteiger partial charge is 0.480 e. The summed E-state index contributed by atoms with van der Waals surface area (Å²) < 4.78 is 0. The fourth-order valence-electron chi connectivity index (χ4n) is 13.2. The minimum atomic E-state index is -1.77. The van der Waals surface area contributed by atoms with E-state index in [-0.39, 0.29) is 101 Å². The number of aromatic amines is 1. The first kappa shape index (κ1) is 99.6. The van der Waals surface area contributed by atoms with Crippen LogP contribution in [0.25, 0.3) is 10.9 Å². The number of guanidine groups is 1. The maximum Gasteiger partial charge on any atom is 0.328 e. The van der Waals surface area contributed by atoms with Crippen molar-refractivity contribution in [2.75, 3.05) is 38.2 Å². The van der Waals surface area contributed by atoms with Crippen LogP contribution >= 0.6 is 11.8 Å². The number of benzene rings is 1. The van der Waals surface area contributed by atoms with Crippen molar-refractivity contribution < 1.29 is 96.8 Å². The average Bonchev–Trinajstić information content (AvgIpc) is 1.68. The third kappa shape index (κ3) is 31.6. The smallest absolute Gasteiger partial charge is 0.328 e. The van der Waals surface area contributed by atoms with E-state index in [1.165, 1.54) is 63.1 Å². The molecule has 2 aliphatic rings. The molecule has 16 amide bonds. The summed E-state index contributed by atoms with van der Waals surface area (Å²) in [7, 11) is 0. The lowest BCUT2D eigenvalue weighted by Gasteiger charge is -2.34. The standard InChI is InChI=1S/C76H123N21O20S/c1-36(2)29-50(67(108)87-49(24-28-118-13)66(107)86-41(9)62(103)84-43(11)64(105)94-55(35-98)75(116)117)90-68(109)51(30-37(3)4)91-70(111)53(33-58(78)100)89-63(104)42(10)83-61(102)40(8)85-65(106)48(21-16-25-81-76(79)80)88-71(112)56-22-17-26-96(56)74(115)57-23-18-27-97(57)73(114)54(31-38(5)6)93-69(110)52(32-45-34-82-47-20-15-14-19-46(45)47)92-72(113)59(44(12)99)95-60(101)39(7)77/h14-15,19-20,34,36-44,48-57,59,82,98-99H,16-18,21-33,35,77H2,1-13H3,(H2,78,100)(H,83,102)(H,84,103)(H,85,106)(H,86,107)(H,87,108)(H,88,112)(H,89,104)(H,90,109)(H,91,111)(H,92,113)(H,93,110)(H,94,105)(H,95,101)(H,116,117)(H4,79,80,81)/t39-,40-,41-,42-,43-,44+,48-,49-,50-,51-,52-,53-,54-,55-,56-,57-,59-/m0/s1. The van der Waals surface area contributed by atoms with Crippen LogP contribution in [0.3, 0.4) is 0 Å². The van der Waals surface area contributed by atoms with Gasteiger partial charge in [0, 0.05) is 43.2 Å². The molecule has 0 aliphatic carbocycles. The summed E-state index contributed by atoms with van der Waals surface area (Å²) in [6, 6.07) is -14.7.